The van der Waals surface area contributed by atoms with E-state index in [1.54, 1.807) is 11.8 Å². The Labute approximate surface area is 172 Å². The zero-order chi connectivity index (χ0) is 19.1. The first-order valence-corrected chi connectivity index (χ1v) is 12.8. The number of carbonyl (C=O) groups is 1. The van der Waals surface area contributed by atoms with Crippen molar-refractivity contribution in [2.75, 3.05) is 24.0 Å². The van der Waals surface area contributed by atoms with Crippen LogP contribution in [0.1, 0.15) is 110 Å². The first kappa shape index (κ1) is 26.1. The molecule has 0 spiro atoms. The van der Waals surface area contributed by atoms with E-state index in [1.807, 2.05) is 0 Å². The predicted octanol–water partition coefficient (Wildman–Crippen LogP) is 7.76. The summed E-state index contributed by atoms with van der Waals surface area (Å²) >= 11 is 7.33. The third-order valence-electron chi connectivity index (χ3n) is 4.70. The Kier molecular flexibility index (Phi) is 23.2. The van der Waals surface area contributed by atoms with Crippen LogP contribution in [0.3, 0.4) is 0 Å². The van der Waals surface area contributed by atoms with Crippen molar-refractivity contribution in [3.8, 4) is 0 Å². The van der Waals surface area contributed by atoms with Crippen molar-refractivity contribution in [1.82, 2.24) is 0 Å². The summed E-state index contributed by atoms with van der Waals surface area (Å²) in [4.78, 5) is 11.6. The molecular formula is C22H43ClO2S. The van der Waals surface area contributed by atoms with Gasteiger partial charge >= 0.3 is 5.97 Å². The highest BCUT2D eigenvalue weighted by Crippen LogP contribution is 2.13. The number of hydrogen-bond donors (Lipinski definition) is 0. The molecule has 0 aromatic carbocycles. The summed E-state index contributed by atoms with van der Waals surface area (Å²) in [5.74, 6) is 2.42. The molecule has 0 amide bonds. The van der Waals surface area contributed by atoms with Gasteiger partial charge in [-0.3, -0.25) is 4.79 Å². The summed E-state index contributed by atoms with van der Waals surface area (Å²) in [5.41, 5.74) is 0. The van der Waals surface area contributed by atoms with Gasteiger partial charge in [-0.15, -0.1) is 11.6 Å². The molecule has 0 unspecified atom stereocenters. The smallest absolute Gasteiger partial charge is 0.305 e. The fourth-order valence-corrected chi connectivity index (χ4v) is 3.93. The molecule has 26 heavy (non-hydrogen) atoms. The molecule has 0 N–H and O–H groups in total. The first-order chi connectivity index (χ1) is 12.8. The van der Waals surface area contributed by atoms with Crippen LogP contribution in [0.15, 0.2) is 0 Å². The number of esters is 1. The summed E-state index contributed by atoms with van der Waals surface area (Å²) < 4.78 is 5.20. The summed E-state index contributed by atoms with van der Waals surface area (Å²) in [6.07, 6.45) is 20.8. The lowest BCUT2D eigenvalue weighted by Crippen LogP contribution is -2.07. The quantitative estimate of drug-likeness (QED) is 0.111. The molecule has 0 saturated carbocycles. The van der Waals surface area contributed by atoms with Gasteiger partial charge in [-0.1, -0.05) is 96.8 Å². The fraction of sp³-hybridized carbons (Fsp3) is 0.955. The van der Waals surface area contributed by atoms with E-state index >= 15 is 0 Å². The number of unbranched alkanes of at least 4 members (excludes halogenated alkanes) is 14. The van der Waals surface area contributed by atoms with E-state index in [4.69, 9.17) is 16.3 Å². The minimum Gasteiger partial charge on any atom is -0.465 e. The molecule has 0 aliphatic carbocycles. The molecular weight excluding hydrogens is 364 g/mol. The number of halogens is 1. The second-order valence-electron chi connectivity index (χ2n) is 7.22. The first-order valence-electron chi connectivity index (χ1n) is 11.1. The maximum atomic E-state index is 11.6. The van der Waals surface area contributed by atoms with Crippen LogP contribution in [0.5, 0.6) is 0 Å². The van der Waals surface area contributed by atoms with Gasteiger partial charge < -0.3 is 4.74 Å². The van der Waals surface area contributed by atoms with E-state index in [0.717, 1.165) is 24.3 Å². The second-order valence-corrected chi connectivity index (χ2v) is 8.82. The Morgan fingerprint density at radius 2 is 1.19 bits per heavy atom. The van der Waals surface area contributed by atoms with Gasteiger partial charge in [-0.2, -0.15) is 11.8 Å². The van der Waals surface area contributed by atoms with Crippen LogP contribution in [-0.2, 0) is 9.53 Å². The van der Waals surface area contributed by atoms with E-state index in [-0.39, 0.29) is 5.97 Å². The molecule has 0 radical (unpaired) electrons. The molecule has 0 aliphatic rings. The van der Waals surface area contributed by atoms with Crippen LogP contribution in [0.2, 0.25) is 0 Å². The molecule has 0 aromatic heterocycles. The van der Waals surface area contributed by atoms with Crippen molar-refractivity contribution >= 4 is 29.3 Å². The molecule has 0 aliphatic heterocycles. The van der Waals surface area contributed by atoms with Crippen LogP contribution < -0.4 is 0 Å². The lowest BCUT2D eigenvalue weighted by Gasteiger charge is -2.05. The van der Waals surface area contributed by atoms with E-state index < -0.39 is 0 Å². The Morgan fingerprint density at radius 1 is 0.731 bits per heavy atom. The minimum absolute atomic E-state index is 0.0360. The molecule has 0 aromatic rings. The Hall–Kier alpha value is 0.110. The van der Waals surface area contributed by atoms with Gasteiger partial charge in [0.15, 0.2) is 0 Å². The summed E-state index contributed by atoms with van der Waals surface area (Å²) in [6, 6.07) is 0. The van der Waals surface area contributed by atoms with Crippen molar-refractivity contribution in [3.63, 3.8) is 0 Å². The molecule has 0 rings (SSSR count). The average Bonchev–Trinajstić information content (AvgIpc) is 2.64. The number of hydrogen-bond acceptors (Lipinski definition) is 3. The molecule has 0 heterocycles. The number of ether oxygens (including phenoxy) is 1. The van der Waals surface area contributed by atoms with Crippen molar-refractivity contribution in [2.45, 2.75) is 110 Å². The monoisotopic (exact) mass is 406 g/mol. The van der Waals surface area contributed by atoms with Crippen LogP contribution in [-0.4, -0.2) is 30.0 Å². The van der Waals surface area contributed by atoms with Crippen molar-refractivity contribution in [2.24, 2.45) is 0 Å². The van der Waals surface area contributed by atoms with Gasteiger partial charge in [0.2, 0.25) is 0 Å². The molecule has 0 fully saturated rings. The SMILES string of the molecule is CCCCCCCCCCCCCCCCCC(=O)OCCSCCCl. The maximum Gasteiger partial charge on any atom is 0.305 e. The van der Waals surface area contributed by atoms with Crippen LogP contribution >= 0.6 is 23.4 Å². The van der Waals surface area contributed by atoms with Gasteiger partial charge in [0, 0.05) is 23.8 Å². The number of thioether (sulfide) groups is 1. The second kappa shape index (κ2) is 23.1. The van der Waals surface area contributed by atoms with Gasteiger partial charge in [0.05, 0.1) is 0 Å². The molecule has 0 atom stereocenters. The molecule has 4 heteroatoms. The summed E-state index contributed by atoms with van der Waals surface area (Å²) in [6.45, 7) is 2.81. The zero-order valence-electron chi connectivity index (χ0n) is 17.2. The molecule has 2 nitrogen and oxygen atoms in total. The number of alkyl halides is 1. The highest BCUT2D eigenvalue weighted by molar-refractivity contribution is 7.99. The average molecular weight is 407 g/mol. The Balaban J connectivity index is 3.09. The van der Waals surface area contributed by atoms with E-state index in [2.05, 4.69) is 6.92 Å². The summed E-state index contributed by atoms with van der Waals surface area (Å²) in [7, 11) is 0. The normalized spacial score (nSPS) is 11.0. The van der Waals surface area contributed by atoms with E-state index in [0.29, 0.717) is 18.9 Å². The van der Waals surface area contributed by atoms with Gasteiger partial charge in [0.25, 0.3) is 0 Å². The van der Waals surface area contributed by atoms with Crippen LogP contribution in [0, 0.1) is 0 Å². The maximum absolute atomic E-state index is 11.6. The highest BCUT2D eigenvalue weighted by Gasteiger charge is 2.02. The number of carbonyl (C=O) groups excluding carboxylic acids is 1. The predicted molar refractivity (Wildman–Crippen MR) is 119 cm³/mol. The van der Waals surface area contributed by atoms with Crippen molar-refractivity contribution in [3.05, 3.63) is 0 Å². The molecule has 156 valence electrons. The van der Waals surface area contributed by atoms with Gasteiger partial charge in [-0.05, 0) is 6.42 Å². The zero-order valence-corrected chi connectivity index (χ0v) is 18.8. The van der Waals surface area contributed by atoms with Crippen LogP contribution in [0.4, 0.5) is 0 Å². The summed E-state index contributed by atoms with van der Waals surface area (Å²) in [5, 5.41) is 0. The third-order valence-corrected chi connectivity index (χ3v) is 6.06. The Morgan fingerprint density at radius 3 is 1.65 bits per heavy atom. The van der Waals surface area contributed by atoms with E-state index in [1.165, 1.54) is 83.5 Å². The third kappa shape index (κ3) is 22.2. The van der Waals surface area contributed by atoms with Crippen LogP contribution in [0.25, 0.3) is 0 Å². The molecule has 0 saturated heterocycles. The topological polar surface area (TPSA) is 26.3 Å². The standard InChI is InChI=1S/C22H43ClO2S/c1-2-3-4-5-6-7-8-9-10-11-12-13-14-15-16-17-22(24)25-19-21-26-20-18-23/h2-21H2,1H3. The largest absolute Gasteiger partial charge is 0.465 e. The minimum atomic E-state index is -0.0360. The number of rotatable bonds is 21. The fourth-order valence-electron chi connectivity index (χ4n) is 3.08. The lowest BCUT2D eigenvalue weighted by molar-refractivity contribution is -0.143. The van der Waals surface area contributed by atoms with Crippen molar-refractivity contribution in [1.29, 1.82) is 0 Å². The van der Waals surface area contributed by atoms with Gasteiger partial charge in [-0.25, -0.2) is 0 Å². The molecule has 0 bridgehead atoms. The van der Waals surface area contributed by atoms with E-state index in [9.17, 15) is 4.79 Å². The Bertz CT molecular complexity index is 287. The van der Waals surface area contributed by atoms with Crippen molar-refractivity contribution < 1.29 is 9.53 Å². The highest BCUT2D eigenvalue weighted by atomic mass is 35.5. The van der Waals surface area contributed by atoms with Gasteiger partial charge in [0.1, 0.15) is 6.61 Å². The lowest BCUT2D eigenvalue weighted by atomic mass is 10.0.